The zero-order valence-electron chi connectivity index (χ0n) is 15.0. The van der Waals surface area contributed by atoms with E-state index in [1.165, 1.54) is 5.56 Å². The molecule has 0 unspecified atom stereocenters. The van der Waals surface area contributed by atoms with Crippen molar-refractivity contribution in [3.8, 4) is 5.75 Å². The third kappa shape index (κ3) is 3.90. The monoisotopic (exact) mass is 401 g/mol. The first kappa shape index (κ1) is 18.0. The zero-order valence-corrected chi connectivity index (χ0v) is 16.6. The van der Waals surface area contributed by atoms with Gasteiger partial charge in [-0.05, 0) is 60.6 Å². The smallest absolute Gasteiger partial charge is 0.264 e. The van der Waals surface area contributed by atoms with E-state index in [2.05, 4.69) is 41.9 Å². The fraction of sp³-hybridized carbons (Fsp3) is 0.381. The van der Waals surface area contributed by atoms with Crippen molar-refractivity contribution in [3.63, 3.8) is 0 Å². The summed E-state index contributed by atoms with van der Waals surface area (Å²) in [4.78, 5) is 14.6. The SMILES string of the molecule is Cc1cc(OCC(=O)N2CCCc3ccccc32)c(C(C)C)cc1Br. The largest absolute Gasteiger partial charge is 0.483 e. The number of hydrogen-bond acceptors (Lipinski definition) is 2. The van der Waals surface area contributed by atoms with Crippen LogP contribution in [0.5, 0.6) is 5.75 Å². The second-order valence-electron chi connectivity index (χ2n) is 6.86. The molecule has 3 rings (SSSR count). The predicted molar refractivity (Wildman–Crippen MR) is 106 cm³/mol. The van der Waals surface area contributed by atoms with Crippen LogP contribution in [0.3, 0.4) is 0 Å². The Bertz CT molecular complexity index is 785. The molecule has 0 aliphatic carbocycles. The molecule has 1 aliphatic rings. The third-order valence-electron chi connectivity index (χ3n) is 4.68. The molecule has 0 aromatic heterocycles. The molecule has 0 N–H and O–H groups in total. The van der Waals surface area contributed by atoms with Crippen molar-refractivity contribution in [1.82, 2.24) is 0 Å². The average Bonchev–Trinajstić information content (AvgIpc) is 2.61. The number of hydrogen-bond donors (Lipinski definition) is 0. The second-order valence-corrected chi connectivity index (χ2v) is 7.71. The molecule has 1 amide bonds. The molecule has 1 heterocycles. The van der Waals surface area contributed by atoms with Gasteiger partial charge in [-0.2, -0.15) is 0 Å². The summed E-state index contributed by atoms with van der Waals surface area (Å²) in [6, 6.07) is 12.2. The molecule has 0 fully saturated rings. The summed E-state index contributed by atoms with van der Waals surface area (Å²) in [5.41, 5.74) is 4.49. The Morgan fingerprint density at radius 3 is 2.80 bits per heavy atom. The molecular weight excluding hydrogens is 378 g/mol. The van der Waals surface area contributed by atoms with Crippen molar-refractivity contribution >= 4 is 27.5 Å². The molecule has 0 bridgehead atoms. The van der Waals surface area contributed by atoms with Crippen molar-refractivity contribution in [1.29, 1.82) is 0 Å². The van der Waals surface area contributed by atoms with Gasteiger partial charge in [0, 0.05) is 16.7 Å². The number of halogens is 1. The van der Waals surface area contributed by atoms with E-state index in [0.717, 1.165) is 46.4 Å². The van der Waals surface area contributed by atoms with Gasteiger partial charge < -0.3 is 9.64 Å². The van der Waals surface area contributed by atoms with E-state index in [1.807, 2.05) is 36.1 Å². The van der Waals surface area contributed by atoms with Crippen LogP contribution >= 0.6 is 15.9 Å². The number of para-hydroxylation sites is 1. The summed E-state index contributed by atoms with van der Waals surface area (Å²) in [5.74, 6) is 1.15. The number of ether oxygens (including phenoxy) is 1. The summed E-state index contributed by atoms with van der Waals surface area (Å²) >= 11 is 3.58. The van der Waals surface area contributed by atoms with Crippen LogP contribution < -0.4 is 9.64 Å². The molecule has 2 aromatic carbocycles. The number of anilines is 1. The Balaban J connectivity index is 1.77. The van der Waals surface area contributed by atoms with E-state index in [4.69, 9.17) is 4.74 Å². The summed E-state index contributed by atoms with van der Waals surface area (Å²) in [7, 11) is 0. The van der Waals surface area contributed by atoms with E-state index in [1.54, 1.807) is 0 Å². The molecule has 4 heteroatoms. The summed E-state index contributed by atoms with van der Waals surface area (Å²) in [5, 5.41) is 0. The molecule has 3 nitrogen and oxygen atoms in total. The minimum Gasteiger partial charge on any atom is -0.483 e. The van der Waals surface area contributed by atoms with Crippen LogP contribution in [-0.2, 0) is 11.2 Å². The highest BCUT2D eigenvalue weighted by Crippen LogP contribution is 2.32. The quantitative estimate of drug-likeness (QED) is 0.700. The fourth-order valence-corrected chi connectivity index (χ4v) is 3.62. The van der Waals surface area contributed by atoms with E-state index in [-0.39, 0.29) is 12.5 Å². The van der Waals surface area contributed by atoms with Gasteiger partial charge in [0.05, 0.1) is 0 Å². The molecule has 1 aliphatic heterocycles. The Hall–Kier alpha value is -1.81. The zero-order chi connectivity index (χ0) is 18.0. The van der Waals surface area contributed by atoms with Crippen LogP contribution in [0.2, 0.25) is 0 Å². The first-order valence-electron chi connectivity index (χ1n) is 8.78. The van der Waals surface area contributed by atoms with Gasteiger partial charge in [0.25, 0.3) is 5.91 Å². The lowest BCUT2D eigenvalue weighted by molar-refractivity contribution is -0.120. The first-order chi connectivity index (χ1) is 12.0. The van der Waals surface area contributed by atoms with Gasteiger partial charge in [0.15, 0.2) is 6.61 Å². The van der Waals surface area contributed by atoms with E-state index >= 15 is 0 Å². The van der Waals surface area contributed by atoms with Crippen molar-refractivity contribution in [3.05, 3.63) is 57.6 Å². The van der Waals surface area contributed by atoms with Gasteiger partial charge in [-0.15, -0.1) is 0 Å². The maximum absolute atomic E-state index is 12.8. The number of fused-ring (bicyclic) bond motifs is 1. The molecule has 0 spiro atoms. The molecule has 0 atom stereocenters. The highest BCUT2D eigenvalue weighted by molar-refractivity contribution is 9.10. The van der Waals surface area contributed by atoms with E-state index < -0.39 is 0 Å². The number of aryl methyl sites for hydroxylation is 2. The van der Waals surface area contributed by atoms with Gasteiger partial charge in [0.1, 0.15) is 5.75 Å². The lowest BCUT2D eigenvalue weighted by Gasteiger charge is -2.29. The van der Waals surface area contributed by atoms with Crippen LogP contribution in [0.1, 0.15) is 42.9 Å². The third-order valence-corrected chi connectivity index (χ3v) is 5.53. The Morgan fingerprint density at radius 1 is 1.28 bits per heavy atom. The maximum Gasteiger partial charge on any atom is 0.264 e. The molecular formula is C21H24BrNO2. The van der Waals surface area contributed by atoms with Crippen molar-refractivity contribution in [2.24, 2.45) is 0 Å². The Kier molecular flexibility index (Phi) is 5.48. The Morgan fingerprint density at radius 2 is 2.04 bits per heavy atom. The topological polar surface area (TPSA) is 29.5 Å². The number of benzene rings is 2. The average molecular weight is 402 g/mol. The highest BCUT2D eigenvalue weighted by atomic mass is 79.9. The number of nitrogens with zero attached hydrogens (tertiary/aromatic N) is 1. The van der Waals surface area contributed by atoms with Gasteiger partial charge in [-0.3, -0.25) is 4.79 Å². The minimum absolute atomic E-state index is 0.0161. The fourth-order valence-electron chi connectivity index (χ4n) is 3.26. The normalized spacial score (nSPS) is 13.7. The molecule has 0 saturated carbocycles. The van der Waals surface area contributed by atoms with Gasteiger partial charge in [-0.25, -0.2) is 0 Å². The molecule has 0 saturated heterocycles. The van der Waals surface area contributed by atoms with Crippen LogP contribution in [0.25, 0.3) is 0 Å². The molecule has 0 radical (unpaired) electrons. The predicted octanol–water partition coefficient (Wildman–Crippen LogP) is 5.24. The van der Waals surface area contributed by atoms with Crippen molar-refractivity contribution < 1.29 is 9.53 Å². The molecule has 2 aromatic rings. The second kappa shape index (κ2) is 7.61. The minimum atomic E-state index is 0.0161. The lowest BCUT2D eigenvalue weighted by Crippen LogP contribution is -2.38. The maximum atomic E-state index is 12.8. The summed E-state index contributed by atoms with van der Waals surface area (Å²) < 4.78 is 7.02. The lowest BCUT2D eigenvalue weighted by atomic mass is 10.0. The number of rotatable bonds is 4. The summed E-state index contributed by atoms with van der Waals surface area (Å²) in [6.45, 7) is 7.12. The van der Waals surface area contributed by atoms with Crippen molar-refractivity contribution in [2.75, 3.05) is 18.1 Å². The highest BCUT2D eigenvalue weighted by Gasteiger charge is 2.23. The number of carbonyl (C=O) groups excluding carboxylic acids is 1. The van der Waals surface area contributed by atoms with Crippen LogP contribution in [0, 0.1) is 6.92 Å². The number of amides is 1. The van der Waals surface area contributed by atoms with Crippen LogP contribution in [-0.4, -0.2) is 19.1 Å². The number of carbonyl (C=O) groups is 1. The summed E-state index contributed by atoms with van der Waals surface area (Å²) in [6.07, 6.45) is 2.03. The van der Waals surface area contributed by atoms with Crippen LogP contribution in [0.15, 0.2) is 40.9 Å². The standard InChI is InChI=1S/C21H24BrNO2/c1-14(2)17-12-18(22)15(3)11-20(17)25-13-21(24)23-10-6-8-16-7-4-5-9-19(16)23/h4-5,7,9,11-12,14H,6,8,10,13H2,1-3H3. The molecule has 25 heavy (non-hydrogen) atoms. The molecule has 132 valence electrons. The van der Waals surface area contributed by atoms with Crippen molar-refractivity contribution in [2.45, 2.75) is 39.5 Å². The van der Waals surface area contributed by atoms with Gasteiger partial charge >= 0.3 is 0 Å². The van der Waals surface area contributed by atoms with E-state index in [9.17, 15) is 4.79 Å². The first-order valence-corrected chi connectivity index (χ1v) is 9.57. The van der Waals surface area contributed by atoms with Crippen LogP contribution in [0.4, 0.5) is 5.69 Å². The van der Waals surface area contributed by atoms with Gasteiger partial charge in [-0.1, -0.05) is 48.0 Å². The van der Waals surface area contributed by atoms with E-state index in [0.29, 0.717) is 5.92 Å². The van der Waals surface area contributed by atoms with Gasteiger partial charge in [0.2, 0.25) is 0 Å². The Labute approximate surface area is 158 Å².